The van der Waals surface area contributed by atoms with Crippen molar-refractivity contribution in [2.45, 2.75) is 0 Å². The van der Waals surface area contributed by atoms with Crippen LogP contribution >= 0.6 is 0 Å². The fraction of sp³-hybridized carbons (Fsp3) is 0.0833. The third-order valence-electron chi connectivity index (χ3n) is 4.66. The Morgan fingerprint density at radius 1 is 0.640 bits per heavy atom. The Kier molecular flexibility index (Phi) is 3.99. The highest BCUT2D eigenvalue weighted by atomic mass is 15.1. The highest BCUT2D eigenvalue weighted by molar-refractivity contribution is 6.07. The van der Waals surface area contributed by atoms with Crippen LogP contribution in [0.3, 0.4) is 0 Å². The summed E-state index contributed by atoms with van der Waals surface area (Å²) in [5, 5.41) is 5.15. The van der Waals surface area contributed by atoms with Crippen LogP contribution in [0, 0.1) is 0 Å². The summed E-state index contributed by atoms with van der Waals surface area (Å²) in [5.74, 6) is 0. The number of nitrogens with zero attached hydrogens (tertiary/aromatic N) is 1. The van der Waals surface area contributed by atoms with Gasteiger partial charge in [-0.3, -0.25) is 0 Å². The normalized spacial score (nSPS) is 11.4. The van der Waals surface area contributed by atoms with E-state index in [2.05, 4.69) is 110 Å². The summed E-state index contributed by atoms with van der Waals surface area (Å²) in [7, 11) is 4.13. The average Bonchev–Trinajstić information content (AvgIpc) is 2.65. The molecule has 25 heavy (non-hydrogen) atoms. The van der Waals surface area contributed by atoms with Crippen molar-refractivity contribution < 1.29 is 0 Å². The zero-order valence-electron chi connectivity index (χ0n) is 14.6. The van der Waals surface area contributed by atoms with Gasteiger partial charge in [-0.15, -0.1) is 0 Å². The summed E-state index contributed by atoms with van der Waals surface area (Å²) in [6.45, 7) is 0. The van der Waals surface area contributed by atoms with Gasteiger partial charge in [0.15, 0.2) is 0 Å². The average molecular weight is 323 g/mol. The van der Waals surface area contributed by atoms with E-state index >= 15 is 0 Å². The second kappa shape index (κ2) is 6.45. The minimum Gasteiger partial charge on any atom is -0.378 e. The third kappa shape index (κ3) is 3.01. The highest BCUT2D eigenvalue weighted by Crippen LogP contribution is 2.30. The number of anilines is 1. The van der Waals surface area contributed by atoms with Crippen LogP contribution in [0.2, 0.25) is 0 Å². The molecule has 1 nitrogen and oxygen atoms in total. The van der Waals surface area contributed by atoms with Gasteiger partial charge in [-0.25, -0.2) is 0 Å². The van der Waals surface area contributed by atoms with Crippen molar-refractivity contribution in [2.75, 3.05) is 19.0 Å². The van der Waals surface area contributed by atoms with Gasteiger partial charge in [0.25, 0.3) is 0 Å². The van der Waals surface area contributed by atoms with E-state index in [9.17, 15) is 0 Å². The van der Waals surface area contributed by atoms with E-state index in [0.29, 0.717) is 0 Å². The lowest BCUT2D eigenvalue weighted by Gasteiger charge is -2.12. The molecule has 0 N–H and O–H groups in total. The molecule has 0 heterocycles. The Balaban J connectivity index is 1.84. The summed E-state index contributed by atoms with van der Waals surface area (Å²) in [6.07, 6.45) is 4.45. The largest absolute Gasteiger partial charge is 0.378 e. The topological polar surface area (TPSA) is 3.24 Å². The van der Waals surface area contributed by atoms with Crippen LogP contribution in [-0.4, -0.2) is 14.1 Å². The Morgan fingerprint density at radius 3 is 1.76 bits per heavy atom. The molecular weight excluding hydrogens is 302 g/mol. The third-order valence-corrected chi connectivity index (χ3v) is 4.66. The minimum absolute atomic E-state index is 1.21. The maximum Gasteiger partial charge on any atom is 0.0361 e. The van der Waals surface area contributed by atoms with Crippen LogP contribution in [0.15, 0.2) is 78.9 Å². The lowest BCUT2D eigenvalue weighted by atomic mass is 9.96. The molecule has 0 amide bonds. The van der Waals surface area contributed by atoms with Gasteiger partial charge in [-0.05, 0) is 50.9 Å². The molecule has 0 saturated carbocycles. The van der Waals surface area contributed by atoms with Gasteiger partial charge in [-0.2, -0.15) is 0 Å². The molecule has 0 fully saturated rings. The summed E-state index contributed by atoms with van der Waals surface area (Å²) in [6, 6.07) is 28.1. The second-order valence-corrected chi connectivity index (χ2v) is 6.55. The first kappa shape index (κ1) is 15.5. The molecule has 4 aromatic carbocycles. The number of hydrogen-bond donors (Lipinski definition) is 0. The van der Waals surface area contributed by atoms with Crippen molar-refractivity contribution in [1.82, 2.24) is 0 Å². The summed E-state index contributed by atoms with van der Waals surface area (Å²) in [4.78, 5) is 2.12. The smallest absolute Gasteiger partial charge is 0.0361 e. The molecule has 0 aliphatic rings. The Bertz CT molecular complexity index is 1000. The molecule has 4 rings (SSSR count). The maximum absolute atomic E-state index is 2.27. The SMILES string of the molecule is CN(C)c1ccc(C=Cc2c3ccccc3cc3ccccc23)cc1. The van der Waals surface area contributed by atoms with Gasteiger partial charge in [0.2, 0.25) is 0 Å². The molecule has 0 atom stereocenters. The molecule has 122 valence electrons. The Labute approximate surface area is 148 Å². The van der Waals surface area contributed by atoms with Crippen LogP contribution in [0.1, 0.15) is 11.1 Å². The van der Waals surface area contributed by atoms with E-state index in [0.717, 1.165) is 0 Å². The van der Waals surface area contributed by atoms with Crippen molar-refractivity contribution >= 4 is 39.4 Å². The van der Waals surface area contributed by atoms with Gasteiger partial charge in [-0.1, -0.05) is 72.8 Å². The predicted molar refractivity (Wildman–Crippen MR) is 111 cm³/mol. The van der Waals surface area contributed by atoms with E-state index in [-0.39, 0.29) is 0 Å². The molecule has 0 unspecified atom stereocenters. The fourth-order valence-corrected chi connectivity index (χ4v) is 3.29. The molecule has 0 radical (unpaired) electrons. The van der Waals surface area contributed by atoms with Crippen molar-refractivity contribution in [3.05, 3.63) is 90.0 Å². The van der Waals surface area contributed by atoms with E-state index in [1.807, 2.05) is 0 Å². The summed E-state index contributed by atoms with van der Waals surface area (Å²) >= 11 is 0. The number of benzene rings is 4. The van der Waals surface area contributed by atoms with Crippen molar-refractivity contribution in [3.8, 4) is 0 Å². The molecule has 0 spiro atoms. The monoisotopic (exact) mass is 323 g/mol. The summed E-state index contributed by atoms with van der Waals surface area (Å²) in [5.41, 5.74) is 3.71. The van der Waals surface area contributed by atoms with Gasteiger partial charge in [0, 0.05) is 19.8 Å². The van der Waals surface area contributed by atoms with Gasteiger partial charge in [0.05, 0.1) is 0 Å². The zero-order chi connectivity index (χ0) is 17.2. The standard InChI is InChI=1S/C24H21N/c1-25(2)21-14-11-18(12-15-21)13-16-24-22-9-5-3-7-19(22)17-20-8-4-6-10-23(20)24/h3-17H,1-2H3. The Hall–Kier alpha value is -3.06. The fourth-order valence-electron chi connectivity index (χ4n) is 3.29. The lowest BCUT2D eigenvalue weighted by Crippen LogP contribution is -2.07. The van der Waals surface area contributed by atoms with Crippen LogP contribution < -0.4 is 4.90 Å². The van der Waals surface area contributed by atoms with Crippen molar-refractivity contribution in [2.24, 2.45) is 0 Å². The molecule has 0 aliphatic heterocycles. The summed E-state index contributed by atoms with van der Waals surface area (Å²) < 4.78 is 0. The van der Waals surface area contributed by atoms with Crippen LogP contribution in [-0.2, 0) is 0 Å². The van der Waals surface area contributed by atoms with E-state index < -0.39 is 0 Å². The van der Waals surface area contributed by atoms with Gasteiger partial charge in [0.1, 0.15) is 0 Å². The minimum atomic E-state index is 1.21. The maximum atomic E-state index is 2.27. The van der Waals surface area contributed by atoms with E-state index in [1.165, 1.54) is 38.4 Å². The van der Waals surface area contributed by atoms with Crippen molar-refractivity contribution in [1.29, 1.82) is 0 Å². The first-order valence-electron chi connectivity index (χ1n) is 8.58. The predicted octanol–water partition coefficient (Wildman–Crippen LogP) is 6.23. The quantitative estimate of drug-likeness (QED) is 0.319. The van der Waals surface area contributed by atoms with Crippen molar-refractivity contribution in [3.63, 3.8) is 0 Å². The zero-order valence-corrected chi connectivity index (χ0v) is 14.6. The highest BCUT2D eigenvalue weighted by Gasteiger charge is 2.04. The van der Waals surface area contributed by atoms with E-state index in [1.54, 1.807) is 0 Å². The first-order chi connectivity index (χ1) is 12.2. The first-order valence-corrected chi connectivity index (χ1v) is 8.58. The molecule has 0 bridgehead atoms. The number of rotatable bonds is 3. The van der Waals surface area contributed by atoms with Crippen LogP contribution in [0.25, 0.3) is 33.7 Å². The van der Waals surface area contributed by atoms with Gasteiger partial charge >= 0.3 is 0 Å². The van der Waals surface area contributed by atoms with Crippen LogP contribution in [0.4, 0.5) is 5.69 Å². The second-order valence-electron chi connectivity index (χ2n) is 6.55. The molecule has 4 aromatic rings. The lowest BCUT2D eigenvalue weighted by molar-refractivity contribution is 1.13. The molecule has 0 aliphatic carbocycles. The van der Waals surface area contributed by atoms with Crippen LogP contribution in [0.5, 0.6) is 0 Å². The van der Waals surface area contributed by atoms with Gasteiger partial charge < -0.3 is 4.90 Å². The molecule has 0 saturated heterocycles. The Morgan fingerprint density at radius 2 is 1.20 bits per heavy atom. The van der Waals surface area contributed by atoms with E-state index in [4.69, 9.17) is 0 Å². The number of fused-ring (bicyclic) bond motifs is 2. The molecule has 1 heteroatoms. The molecule has 0 aromatic heterocycles. The molecular formula is C24H21N. The number of hydrogen-bond acceptors (Lipinski definition) is 1.